The first-order valence-electron chi connectivity index (χ1n) is 7.01. The SMILES string of the molecule is CC1(C)CCCN(C(=O)c2cccc(C#CCO)c2)C1. The highest BCUT2D eigenvalue weighted by atomic mass is 16.2. The van der Waals surface area contributed by atoms with Gasteiger partial charge in [-0.3, -0.25) is 4.79 Å². The van der Waals surface area contributed by atoms with Crippen LogP contribution >= 0.6 is 0 Å². The van der Waals surface area contributed by atoms with Gasteiger partial charge in [0.25, 0.3) is 5.91 Å². The third kappa shape index (κ3) is 3.61. The molecule has 1 fully saturated rings. The molecule has 1 aliphatic rings. The van der Waals surface area contributed by atoms with Gasteiger partial charge in [-0.2, -0.15) is 0 Å². The summed E-state index contributed by atoms with van der Waals surface area (Å²) in [6.07, 6.45) is 2.22. The van der Waals surface area contributed by atoms with E-state index in [4.69, 9.17) is 5.11 Å². The van der Waals surface area contributed by atoms with Crippen LogP contribution in [0.4, 0.5) is 0 Å². The van der Waals surface area contributed by atoms with Crippen molar-refractivity contribution in [3.8, 4) is 11.8 Å². The molecule has 0 spiro atoms. The normalized spacial score (nSPS) is 17.2. The number of aliphatic hydroxyl groups is 1. The molecule has 20 heavy (non-hydrogen) atoms. The van der Waals surface area contributed by atoms with Crippen molar-refractivity contribution in [2.24, 2.45) is 5.41 Å². The fourth-order valence-corrected chi connectivity index (χ4v) is 2.65. The van der Waals surface area contributed by atoms with Gasteiger partial charge in [-0.25, -0.2) is 0 Å². The highest BCUT2D eigenvalue weighted by molar-refractivity contribution is 5.94. The van der Waals surface area contributed by atoms with E-state index in [1.54, 1.807) is 6.07 Å². The average Bonchev–Trinajstić information content (AvgIpc) is 2.43. The van der Waals surface area contributed by atoms with Gasteiger partial charge in [-0.05, 0) is 36.5 Å². The van der Waals surface area contributed by atoms with E-state index in [-0.39, 0.29) is 17.9 Å². The summed E-state index contributed by atoms with van der Waals surface area (Å²) in [7, 11) is 0. The zero-order valence-corrected chi connectivity index (χ0v) is 12.1. The maximum absolute atomic E-state index is 12.5. The van der Waals surface area contributed by atoms with Gasteiger partial charge in [0, 0.05) is 24.2 Å². The molecule has 1 amide bonds. The van der Waals surface area contributed by atoms with Crippen LogP contribution in [-0.4, -0.2) is 35.6 Å². The zero-order valence-electron chi connectivity index (χ0n) is 12.1. The molecule has 3 heteroatoms. The molecule has 3 nitrogen and oxygen atoms in total. The number of benzene rings is 1. The molecule has 1 heterocycles. The van der Waals surface area contributed by atoms with Gasteiger partial charge in [0.2, 0.25) is 0 Å². The second-order valence-electron chi connectivity index (χ2n) is 6.04. The number of amides is 1. The Morgan fingerprint density at radius 3 is 2.95 bits per heavy atom. The summed E-state index contributed by atoms with van der Waals surface area (Å²) in [5, 5.41) is 8.72. The second kappa shape index (κ2) is 6.11. The quantitative estimate of drug-likeness (QED) is 0.796. The van der Waals surface area contributed by atoms with Crippen molar-refractivity contribution in [3.63, 3.8) is 0 Å². The highest BCUT2D eigenvalue weighted by Gasteiger charge is 2.29. The Kier molecular flexibility index (Phi) is 4.46. The van der Waals surface area contributed by atoms with Gasteiger partial charge in [0.15, 0.2) is 0 Å². The Labute approximate surface area is 120 Å². The Hall–Kier alpha value is -1.79. The Morgan fingerprint density at radius 1 is 1.45 bits per heavy atom. The molecule has 1 N–H and O–H groups in total. The lowest BCUT2D eigenvalue weighted by atomic mass is 9.84. The third-order valence-electron chi connectivity index (χ3n) is 3.61. The molecule has 0 atom stereocenters. The van der Waals surface area contributed by atoms with Gasteiger partial charge in [-0.1, -0.05) is 31.8 Å². The zero-order chi connectivity index (χ0) is 14.6. The first kappa shape index (κ1) is 14.6. The van der Waals surface area contributed by atoms with E-state index in [1.807, 2.05) is 23.1 Å². The fourth-order valence-electron chi connectivity index (χ4n) is 2.65. The fraction of sp³-hybridized carbons (Fsp3) is 0.471. The molecule has 1 aromatic carbocycles. The molecule has 0 unspecified atom stereocenters. The van der Waals surface area contributed by atoms with Crippen LogP contribution in [0.1, 0.15) is 42.6 Å². The summed E-state index contributed by atoms with van der Waals surface area (Å²) in [5.74, 6) is 5.52. The van der Waals surface area contributed by atoms with Crippen LogP contribution < -0.4 is 0 Å². The molecule has 0 aromatic heterocycles. The van der Waals surface area contributed by atoms with E-state index in [9.17, 15) is 4.79 Å². The summed E-state index contributed by atoms with van der Waals surface area (Å²) in [4.78, 5) is 14.5. The topological polar surface area (TPSA) is 40.5 Å². The number of rotatable bonds is 1. The van der Waals surface area contributed by atoms with Crippen LogP contribution in [0.15, 0.2) is 24.3 Å². The average molecular weight is 271 g/mol. The number of carbonyl (C=O) groups excluding carboxylic acids is 1. The van der Waals surface area contributed by atoms with Gasteiger partial charge in [-0.15, -0.1) is 0 Å². The summed E-state index contributed by atoms with van der Waals surface area (Å²) >= 11 is 0. The molecule has 106 valence electrons. The number of piperidine rings is 1. The second-order valence-corrected chi connectivity index (χ2v) is 6.04. The lowest BCUT2D eigenvalue weighted by Crippen LogP contribution is -2.43. The van der Waals surface area contributed by atoms with E-state index >= 15 is 0 Å². The van der Waals surface area contributed by atoms with Crippen molar-refractivity contribution in [1.82, 2.24) is 4.90 Å². The van der Waals surface area contributed by atoms with Crippen molar-refractivity contribution >= 4 is 5.91 Å². The first-order valence-corrected chi connectivity index (χ1v) is 7.01. The van der Waals surface area contributed by atoms with Gasteiger partial charge in [0.1, 0.15) is 6.61 Å². The maximum Gasteiger partial charge on any atom is 0.253 e. The van der Waals surface area contributed by atoms with Gasteiger partial charge >= 0.3 is 0 Å². The Bertz CT molecular complexity index is 552. The number of hydrogen-bond acceptors (Lipinski definition) is 2. The molecule has 1 aliphatic heterocycles. The van der Waals surface area contributed by atoms with E-state index in [0.717, 1.165) is 25.1 Å². The van der Waals surface area contributed by atoms with Crippen molar-refractivity contribution in [1.29, 1.82) is 0 Å². The number of nitrogens with zero attached hydrogens (tertiary/aromatic N) is 1. The van der Waals surface area contributed by atoms with Crippen molar-refractivity contribution in [3.05, 3.63) is 35.4 Å². The lowest BCUT2D eigenvalue weighted by Gasteiger charge is -2.38. The first-order chi connectivity index (χ1) is 9.52. The summed E-state index contributed by atoms with van der Waals surface area (Å²) < 4.78 is 0. The van der Waals surface area contributed by atoms with Crippen LogP contribution in [0.5, 0.6) is 0 Å². The van der Waals surface area contributed by atoms with Crippen molar-refractivity contribution < 1.29 is 9.90 Å². The smallest absolute Gasteiger partial charge is 0.253 e. The Morgan fingerprint density at radius 2 is 2.25 bits per heavy atom. The van der Waals surface area contributed by atoms with E-state index < -0.39 is 0 Å². The molecule has 2 rings (SSSR count). The number of likely N-dealkylation sites (tertiary alicyclic amines) is 1. The number of carbonyl (C=O) groups is 1. The standard InChI is InChI=1S/C17H21NO2/c1-17(2)9-5-10-18(13-17)16(20)15-8-3-6-14(12-15)7-4-11-19/h3,6,8,12,19H,5,9-11,13H2,1-2H3. The molecular formula is C17H21NO2. The summed E-state index contributed by atoms with van der Waals surface area (Å²) in [6.45, 7) is 5.87. The predicted molar refractivity (Wildman–Crippen MR) is 79.3 cm³/mol. The third-order valence-corrected chi connectivity index (χ3v) is 3.61. The van der Waals surface area contributed by atoms with Gasteiger partial charge in [0.05, 0.1) is 0 Å². The minimum Gasteiger partial charge on any atom is -0.384 e. The minimum absolute atomic E-state index is 0.0745. The van der Waals surface area contributed by atoms with E-state index in [0.29, 0.717) is 5.56 Å². The summed E-state index contributed by atoms with van der Waals surface area (Å²) in [5.41, 5.74) is 1.64. The molecule has 1 saturated heterocycles. The molecule has 1 aromatic rings. The van der Waals surface area contributed by atoms with Gasteiger partial charge < -0.3 is 10.0 Å². The van der Waals surface area contributed by atoms with Crippen LogP contribution in [-0.2, 0) is 0 Å². The van der Waals surface area contributed by atoms with Crippen LogP contribution in [0.2, 0.25) is 0 Å². The predicted octanol–water partition coefficient (Wildman–Crippen LogP) is 2.29. The van der Waals surface area contributed by atoms with Crippen molar-refractivity contribution in [2.45, 2.75) is 26.7 Å². The number of aliphatic hydroxyl groups excluding tert-OH is 1. The molecular weight excluding hydrogens is 250 g/mol. The van der Waals surface area contributed by atoms with E-state index in [1.165, 1.54) is 6.42 Å². The van der Waals surface area contributed by atoms with Crippen molar-refractivity contribution in [2.75, 3.05) is 19.7 Å². The molecule has 0 bridgehead atoms. The Balaban J connectivity index is 2.16. The number of hydrogen-bond donors (Lipinski definition) is 1. The van der Waals surface area contributed by atoms with Crippen LogP contribution in [0.25, 0.3) is 0 Å². The maximum atomic E-state index is 12.5. The molecule has 0 aliphatic carbocycles. The monoisotopic (exact) mass is 271 g/mol. The molecule has 0 saturated carbocycles. The van der Waals surface area contributed by atoms with E-state index in [2.05, 4.69) is 25.7 Å². The van der Waals surface area contributed by atoms with Crippen LogP contribution in [0.3, 0.4) is 0 Å². The van der Waals surface area contributed by atoms with Crippen LogP contribution in [0, 0.1) is 17.3 Å². The minimum atomic E-state index is -0.168. The lowest BCUT2D eigenvalue weighted by molar-refractivity contribution is 0.0583. The largest absolute Gasteiger partial charge is 0.384 e. The summed E-state index contributed by atoms with van der Waals surface area (Å²) in [6, 6.07) is 7.31. The molecule has 0 radical (unpaired) electrons. The highest BCUT2D eigenvalue weighted by Crippen LogP contribution is 2.29.